The molecule has 0 radical (unpaired) electrons. The Morgan fingerprint density at radius 1 is 1.17 bits per heavy atom. The monoisotopic (exact) mass is 350 g/mol. The van der Waals surface area contributed by atoms with E-state index >= 15 is 0 Å². The van der Waals surface area contributed by atoms with Crippen molar-refractivity contribution in [2.45, 2.75) is 6.04 Å². The van der Waals surface area contributed by atoms with Crippen LogP contribution in [-0.2, 0) is 4.79 Å². The molecule has 24 heavy (non-hydrogen) atoms. The third-order valence-electron chi connectivity index (χ3n) is 3.84. The Labute approximate surface area is 142 Å². The minimum atomic E-state index is -0.970. The Balaban J connectivity index is 2.02. The van der Waals surface area contributed by atoms with Crippen LogP contribution in [0.25, 0.3) is 0 Å². The normalized spacial score (nSPS) is 17.5. The van der Waals surface area contributed by atoms with Gasteiger partial charge in [0.15, 0.2) is 0 Å². The molecule has 1 N–H and O–H groups in total. The minimum absolute atomic E-state index is 0.0242. The largest absolute Gasteiger partial charge is 0.352 e. The zero-order valence-electron chi connectivity index (χ0n) is 12.4. The number of hydrogen-bond donors (Lipinski definition) is 1. The molecule has 1 unspecified atom stereocenters. The van der Waals surface area contributed by atoms with Crippen LogP contribution in [0.5, 0.6) is 0 Å². The predicted octanol–water partition coefficient (Wildman–Crippen LogP) is 2.93. The summed E-state index contributed by atoms with van der Waals surface area (Å²) < 4.78 is 27.2. The molecule has 0 saturated carbocycles. The number of rotatable bonds is 2. The lowest BCUT2D eigenvalue weighted by molar-refractivity contribution is -0.128. The average Bonchev–Trinajstić information content (AvgIpc) is 2.55. The molecule has 7 heteroatoms. The second-order valence-electron chi connectivity index (χ2n) is 5.34. The standard InChI is InChI=1S/C17H13ClF2N2O2/c18-12-2-1-3-13(20)14(12)17(24)22-9-8-21-16(23)15(22)10-4-6-11(19)7-5-10/h1-7,15H,8-9H2,(H,21,23). The van der Waals surface area contributed by atoms with Crippen LogP contribution in [0.3, 0.4) is 0 Å². The lowest BCUT2D eigenvalue weighted by atomic mass is 10.0. The van der Waals surface area contributed by atoms with E-state index in [0.717, 1.165) is 6.07 Å². The maximum absolute atomic E-state index is 14.1. The average molecular weight is 351 g/mol. The van der Waals surface area contributed by atoms with Gasteiger partial charge in [-0.15, -0.1) is 0 Å². The van der Waals surface area contributed by atoms with Crippen molar-refractivity contribution in [2.24, 2.45) is 0 Å². The Hall–Kier alpha value is -2.47. The van der Waals surface area contributed by atoms with Crippen molar-refractivity contribution < 1.29 is 18.4 Å². The van der Waals surface area contributed by atoms with Gasteiger partial charge < -0.3 is 10.2 Å². The first kappa shape index (κ1) is 16.4. The van der Waals surface area contributed by atoms with Crippen LogP contribution in [0, 0.1) is 11.6 Å². The quantitative estimate of drug-likeness (QED) is 0.905. The second-order valence-corrected chi connectivity index (χ2v) is 5.75. The molecule has 2 amide bonds. The molecule has 0 bridgehead atoms. The fraction of sp³-hybridized carbons (Fsp3) is 0.176. The zero-order chi connectivity index (χ0) is 17.3. The molecule has 1 aliphatic heterocycles. The topological polar surface area (TPSA) is 49.4 Å². The van der Waals surface area contributed by atoms with Crippen molar-refractivity contribution in [3.63, 3.8) is 0 Å². The van der Waals surface area contributed by atoms with Gasteiger partial charge in [0.25, 0.3) is 5.91 Å². The summed E-state index contributed by atoms with van der Waals surface area (Å²) in [5.41, 5.74) is 0.162. The molecule has 2 aromatic rings. The summed E-state index contributed by atoms with van der Waals surface area (Å²) in [6.45, 7) is 0.436. The van der Waals surface area contributed by atoms with E-state index in [2.05, 4.69) is 5.32 Å². The first-order chi connectivity index (χ1) is 11.5. The number of carbonyl (C=O) groups is 2. The highest BCUT2D eigenvalue weighted by Crippen LogP contribution is 2.28. The van der Waals surface area contributed by atoms with Crippen LogP contribution < -0.4 is 5.32 Å². The highest BCUT2D eigenvalue weighted by Gasteiger charge is 2.36. The van der Waals surface area contributed by atoms with Crippen molar-refractivity contribution in [1.29, 1.82) is 0 Å². The van der Waals surface area contributed by atoms with Gasteiger partial charge in [0.2, 0.25) is 5.91 Å². The van der Waals surface area contributed by atoms with Gasteiger partial charge in [-0.25, -0.2) is 8.78 Å². The number of piperazine rings is 1. The van der Waals surface area contributed by atoms with E-state index in [1.54, 1.807) is 0 Å². The van der Waals surface area contributed by atoms with Gasteiger partial charge in [-0.05, 0) is 29.8 Å². The first-order valence-corrected chi connectivity index (χ1v) is 7.65. The highest BCUT2D eigenvalue weighted by molar-refractivity contribution is 6.33. The summed E-state index contributed by atoms with van der Waals surface area (Å²) in [5.74, 6) is -2.29. The summed E-state index contributed by atoms with van der Waals surface area (Å²) >= 11 is 5.96. The summed E-state index contributed by atoms with van der Waals surface area (Å²) in [5, 5.41) is 2.63. The van der Waals surface area contributed by atoms with Crippen LogP contribution in [0.2, 0.25) is 5.02 Å². The Kier molecular flexibility index (Phi) is 4.49. The van der Waals surface area contributed by atoms with Crippen LogP contribution in [0.4, 0.5) is 8.78 Å². The number of amides is 2. The summed E-state index contributed by atoms with van der Waals surface area (Å²) in [6, 6.07) is 8.23. The van der Waals surface area contributed by atoms with E-state index in [9.17, 15) is 18.4 Å². The van der Waals surface area contributed by atoms with Gasteiger partial charge in [0, 0.05) is 13.1 Å². The SMILES string of the molecule is O=C1NCCN(C(=O)c2c(F)cccc2Cl)C1c1ccc(F)cc1. The molecule has 1 aliphatic rings. The van der Waals surface area contributed by atoms with Crippen molar-refractivity contribution >= 4 is 23.4 Å². The lowest BCUT2D eigenvalue weighted by Gasteiger charge is -2.35. The van der Waals surface area contributed by atoms with Gasteiger partial charge in [-0.2, -0.15) is 0 Å². The van der Waals surface area contributed by atoms with Crippen LogP contribution >= 0.6 is 11.6 Å². The predicted molar refractivity (Wildman–Crippen MR) is 84.6 cm³/mol. The van der Waals surface area contributed by atoms with E-state index in [0.29, 0.717) is 5.56 Å². The Morgan fingerprint density at radius 3 is 2.54 bits per heavy atom. The van der Waals surface area contributed by atoms with Crippen molar-refractivity contribution in [3.05, 3.63) is 70.2 Å². The summed E-state index contributed by atoms with van der Waals surface area (Å²) in [7, 11) is 0. The second kappa shape index (κ2) is 6.57. The Bertz CT molecular complexity index is 775. The number of nitrogens with zero attached hydrogens (tertiary/aromatic N) is 1. The van der Waals surface area contributed by atoms with E-state index in [-0.39, 0.29) is 23.7 Å². The molecule has 0 aliphatic carbocycles. The molecule has 0 spiro atoms. The van der Waals surface area contributed by atoms with Crippen molar-refractivity contribution in [2.75, 3.05) is 13.1 Å². The van der Waals surface area contributed by atoms with Crippen molar-refractivity contribution in [3.8, 4) is 0 Å². The van der Waals surface area contributed by atoms with Crippen molar-refractivity contribution in [1.82, 2.24) is 10.2 Å². The fourth-order valence-electron chi connectivity index (χ4n) is 2.71. The molecule has 0 aromatic heterocycles. The van der Waals surface area contributed by atoms with E-state index < -0.39 is 29.5 Å². The molecule has 4 nitrogen and oxygen atoms in total. The fourth-order valence-corrected chi connectivity index (χ4v) is 2.95. The summed E-state index contributed by atoms with van der Waals surface area (Å²) in [6.07, 6.45) is 0. The van der Waals surface area contributed by atoms with Gasteiger partial charge >= 0.3 is 0 Å². The number of benzene rings is 2. The maximum atomic E-state index is 14.1. The van der Waals surface area contributed by atoms with E-state index in [4.69, 9.17) is 11.6 Å². The van der Waals surface area contributed by atoms with E-state index in [1.165, 1.54) is 41.3 Å². The zero-order valence-corrected chi connectivity index (χ0v) is 13.2. The van der Waals surface area contributed by atoms with E-state index in [1.807, 2.05) is 0 Å². The summed E-state index contributed by atoms with van der Waals surface area (Å²) in [4.78, 5) is 26.3. The minimum Gasteiger partial charge on any atom is -0.352 e. The number of halogens is 3. The molecular formula is C17H13ClF2N2O2. The number of nitrogens with one attached hydrogen (secondary N) is 1. The van der Waals surface area contributed by atoms with Crippen LogP contribution in [0.15, 0.2) is 42.5 Å². The Morgan fingerprint density at radius 2 is 1.88 bits per heavy atom. The molecule has 1 heterocycles. The highest BCUT2D eigenvalue weighted by atomic mass is 35.5. The first-order valence-electron chi connectivity index (χ1n) is 7.27. The number of hydrogen-bond acceptors (Lipinski definition) is 2. The molecule has 124 valence electrons. The third kappa shape index (κ3) is 2.97. The van der Waals surface area contributed by atoms with Crippen LogP contribution in [-0.4, -0.2) is 29.8 Å². The van der Waals surface area contributed by atoms with Gasteiger partial charge in [-0.3, -0.25) is 9.59 Å². The van der Waals surface area contributed by atoms with Gasteiger partial charge in [-0.1, -0.05) is 29.8 Å². The molecular weight excluding hydrogens is 338 g/mol. The molecule has 2 aromatic carbocycles. The van der Waals surface area contributed by atoms with Crippen LogP contribution in [0.1, 0.15) is 22.0 Å². The molecule has 3 rings (SSSR count). The maximum Gasteiger partial charge on any atom is 0.259 e. The smallest absolute Gasteiger partial charge is 0.259 e. The molecule has 1 saturated heterocycles. The van der Waals surface area contributed by atoms with Gasteiger partial charge in [0.05, 0.1) is 10.6 Å². The number of carbonyl (C=O) groups excluding carboxylic acids is 2. The third-order valence-corrected chi connectivity index (χ3v) is 4.15. The lowest BCUT2D eigenvalue weighted by Crippen LogP contribution is -2.52. The van der Waals surface area contributed by atoms with Gasteiger partial charge in [0.1, 0.15) is 17.7 Å². The molecule has 1 atom stereocenters. The molecule has 1 fully saturated rings.